The lowest BCUT2D eigenvalue weighted by atomic mass is 10.1. The molecular formula is C21H20N6O. The second-order valence-corrected chi connectivity index (χ2v) is 6.91. The Hall–Kier alpha value is -3.53. The molecule has 1 fully saturated rings. The number of amides is 1. The Morgan fingerprint density at radius 1 is 1.21 bits per heavy atom. The van der Waals surface area contributed by atoms with Crippen LogP contribution in [0.4, 0.5) is 0 Å². The SMILES string of the molecule is N#CCCNC(=O)c1cc(-c2cnc(-c3cccnc3)nc2)cn1CC1CC1. The highest BCUT2D eigenvalue weighted by atomic mass is 16.1. The molecule has 3 aromatic heterocycles. The number of nitrogens with zero attached hydrogens (tertiary/aromatic N) is 5. The molecule has 1 amide bonds. The van der Waals surface area contributed by atoms with Crippen molar-refractivity contribution < 1.29 is 4.79 Å². The quantitative estimate of drug-likeness (QED) is 0.643. The number of carbonyl (C=O) groups is 1. The van der Waals surface area contributed by atoms with Crippen LogP contribution in [-0.4, -0.2) is 32.0 Å². The van der Waals surface area contributed by atoms with Crippen molar-refractivity contribution in [2.45, 2.75) is 25.8 Å². The Balaban J connectivity index is 1.58. The van der Waals surface area contributed by atoms with Gasteiger partial charge >= 0.3 is 0 Å². The zero-order valence-electron chi connectivity index (χ0n) is 15.4. The van der Waals surface area contributed by atoms with Gasteiger partial charge in [-0.15, -0.1) is 0 Å². The molecule has 3 heterocycles. The topological polar surface area (TPSA) is 96.5 Å². The predicted octanol–water partition coefficient (Wildman–Crippen LogP) is 3.06. The van der Waals surface area contributed by atoms with Crippen LogP contribution in [0.2, 0.25) is 0 Å². The third-order valence-corrected chi connectivity index (χ3v) is 4.71. The number of hydrogen-bond acceptors (Lipinski definition) is 5. The summed E-state index contributed by atoms with van der Waals surface area (Å²) in [6.45, 7) is 1.18. The van der Waals surface area contributed by atoms with E-state index >= 15 is 0 Å². The number of rotatable bonds is 7. The Kier molecular flexibility index (Phi) is 5.11. The highest BCUT2D eigenvalue weighted by Crippen LogP contribution is 2.32. The summed E-state index contributed by atoms with van der Waals surface area (Å²) in [5.41, 5.74) is 3.23. The van der Waals surface area contributed by atoms with E-state index in [-0.39, 0.29) is 5.91 Å². The first-order chi connectivity index (χ1) is 13.7. The summed E-state index contributed by atoms with van der Waals surface area (Å²) in [5.74, 6) is 1.09. The van der Waals surface area contributed by atoms with Crippen LogP contribution in [0.15, 0.2) is 49.2 Å². The molecule has 0 bridgehead atoms. The van der Waals surface area contributed by atoms with Crippen molar-refractivity contribution in [2.24, 2.45) is 5.92 Å². The number of aromatic nitrogens is 4. The van der Waals surface area contributed by atoms with E-state index in [1.165, 1.54) is 12.8 Å². The van der Waals surface area contributed by atoms with Crippen LogP contribution in [0.5, 0.6) is 0 Å². The number of nitriles is 1. The molecule has 140 valence electrons. The zero-order chi connectivity index (χ0) is 19.3. The van der Waals surface area contributed by atoms with Gasteiger partial charge in [0.15, 0.2) is 5.82 Å². The summed E-state index contributed by atoms with van der Waals surface area (Å²) in [6.07, 6.45) is 11.7. The van der Waals surface area contributed by atoms with E-state index in [0.29, 0.717) is 30.4 Å². The van der Waals surface area contributed by atoms with Crippen LogP contribution in [0.25, 0.3) is 22.5 Å². The van der Waals surface area contributed by atoms with Crippen LogP contribution >= 0.6 is 0 Å². The van der Waals surface area contributed by atoms with Crippen molar-refractivity contribution in [1.82, 2.24) is 24.8 Å². The molecule has 0 aliphatic heterocycles. The van der Waals surface area contributed by atoms with E-state index < -0.39 is 0 Å². The summed E-state index contributed by atoms with van der Waals surface area (Å²) in [5, 5.41) is 11.5. The molecule has 3 aromatic rings. The molecule has 0 unspecified atom stereocenters. The maximum atomic E-state index is 12.5. The molecule has 0 spiro atoms. The molecule has 1 N–H and O–H groups in total. The average Bonchev–Trinajstić information content (AvgIpc) is 3.45. The normalized spacial score (nSPS) is 13.1. The number of hydrogen-bond donors (Lipinski definition) is 1. The van der Waals surface area contributed by atoms with E-state index in [1.807, 2.05) is 35.0 Å². The molecule has 0 atom stereocenters. The lowest BCUT2D eigenvalue weighted by molar-refractivity contribution is 0.0945. The molecule has 0 aromatic carbocycles. The molecule has 7 nitrogen and oxygen atoms in total. The molecule has 1 aliphatic rings. The van der Waals surface area contributed by atoms with Gasteiger partial charge < -0.3 is 9.88 Å². The monoisotopic (exact) mass is 372 g/mol. The van der Waals surface area contributed by atoms with E-state index in [2.05, 4.69) is 20.3 Å². The van der Waals surface area contributed by atoms with Crippen molar-refractivity contribution in [3.8, 4) is 28.6 Å². The first-order valence-corrected chi connectivity index (χ1v) is 9.33. The van der Waals surface area contributed by atoms with E-state index in [9.17, 15) is 4.79 Å². The van der Waals surface area contributed by atoms with Gasteiger partial charge in [-0.2, -0.15) is 5.26 Å². The summed E-state index contributed by atoms with van der Waals surface area (Å²) in [6, 6.07) is 7.67. The summed E-state index contributed by atoms with van der Waals surface area (Å²) < 4.78 is 2.00. The largest absolute Gasteiger partial charge is 0.350 e. The lowest BCUT2D eigenvalue weighted by Gasteiger charge is -2.08. The predicted molar refractivity (Wildman–Crippen MR) is 104 cm³/mol. The Morgan fingerprint density at radius 2 is 2.04 bits per heavy atom. The number of pyridine rings is 1. The molecule has 1 saturated carbocycles. The third kappa shape index (κ3) is 4.07. The molecular weight excluding hydrogens is 352 g/mol. The number of nitrogens with one attached hydrogen (secondary N) is 1. The molecule has 4 rings (SSSR count). The van der Waals surface area contributed by atoms with Crippen molar-refractivity contribution in [1.29, 1.82) is 5.26 Å². The molecule has 0 saturated heterocycles. The van der Waals surface area contributed by atoms with Crippen LogP contribution in [0.3, 0.4) is 0 Å². The highest BCUT2D eigenvalue weighted by Gasteiger charge is 2.24. The van der Waals surface area contributed by atoms with E-state index in [1.54, 1.807) is 24.8 Å². The van der Waals surface area contributed by atoms with Gasteiger partial charge in [0, 0.05) is 60.8 Å². The van der Waals surface area contributed by atoms with Gasteiger partial charge in [0.05, 0.1) is 12.5 Å². The third-order valence-electron chi connectivity index (χ3n) is 4.71. The van der Waals surface area contributed by atoms with Crippen LogP contribution < -0.4 is 5.32 Å². The Bertz CT molecular complexity index is 1000. The van der Waals surface area contributed by atoms with Crippen LogP contribution in [0, 0.1) is 17.2 Å². The second kappa shape index (κ2) is 8.01. The minimum atomic E-state index is -0.157. The molecule has 0 radical (unpaired) electrons. The van der Waals surface area contributed by atoms with E-state index in [4.69, 9.17) is 5.26 Å². The highest BCUT2D eigenvalue weighted by molar-refractivity contribution is 5.94. The second-order valence-electron chi connectivity index (χ2n) is 6.91. The Labute approximate surface area is 163 Å². The van der Waals surface area contributed by atoms with Gasteiger partial charge in [-0.05, 0) is 37.0 Å². The van der Waals surface area contributed by atoms with Crippen LogP contribution in [-0.2, 0) is 6.54 Å². The standard InChI is InChI=1S/C21H20N6O/c22-6-2-8-24-21(28)19-9-17(14-27(19)13-15-4-5-15)18-11-25-20(26-12-18)16-3-1-7-23-10-16/h1,3,7,9-12,14-15H,2,4-5,8,13H2,(H,24,28). The fraction of sp³-hybridized carbons (Fsp3) is 0.286. The minimum Gasteiger partial charge on any atom is -0.350 e. The first kappa shape index (κ1) is 17.9. The summed E-state index contributed by atoms with van der Waals surface area (Å²) in [7, 11) is 0. The van der Waals surface area contributed by atoms with Gasteiger partial charge in [0.1, 0.15) is 5.69 Å². The maximum absolute atomic E-state index is 12.5. The van der Waals surface area contributed by atoms with Gasteiger partial charge in [-0.3, -0.25) is 9.78 Å². The lowest BCUT2D eigenvalue weighted by Crippen LogP contribution is -2.26. The minimum absolute atomic E-state index is 0.157. The van der Waals surface area contributed by atoms with Crippen molar-refractivity contribution in [3.63, 3.8) is 0 Å². The van der Waals surface area contributed by atoms with Gasteiger partial charge in [-0.1, -0.05) is 0 Å². The fourth-order valence-corrected chi connectivity index (χ4v) is 3.03. The van der Waals surface area contributed by atoms with Gasteiger partial charge in [0.2, 0.25) is 0 Å². The molecule has 28 heavy (non-hydrogen) atoms. The van der Waals surface area contributed by atoms with Crippen LogP contribution in [0.1, 0.15) is 29.8 Å². The number of carbonyl (C=O) groups excluding carboxylic acids is 1. The first-order valence-electron chi connectivity index (χ1n) is 9.33. The molecule has 1 aliphatic carbocycles. The fourth-order valence-electron chi connectivity index (χ4n) is 3.03. The summed E-state index contributed by atoms with van der Waals surface area (Å²) in [4.78, 5) is 25.5. The molecule has 7 heteroatoms. The smallest absolute Gasteiger partial charge is 0.267 e. The summed E-state index contributed by atoms with van der Waals surface area (Å²) >= 11 is 0. The zero-order valence-corrected chi connectivity index (χ0v) is 15.4. The maximum Gasteiger partial charge on any atom is 0.267 e. The van der Waals surface area contributed by atoms with Crippen molar-refractivity contribution in [2.75, 3.05) is 6.54 Å². The van der Waals surface area contributed by atoms with E-state index in [0.717, 1.165) is 23.2 Å². The van der Waals surface area contributed by atoms with Crippen molar-refractivity contribution in [3.05, 3.63) is 54.9 Å². The Morgan fingerprint density at radius 3 is 2.71 bits per heavy atom. The van der Waals surface area contributed by atoms with Gasteiger partial charge in [0.25, 0.3) is 5.91 Å². The van der Waals surface area contributed by atoms with Gasteiger partial charge in [-0.25, -0.2) is 9.97 Å². The average molecular weight is 372 g/mol. The van der Waals surface area contributed by atoms with Crippen molar-refractivity contribution >= 4 is 5.91 Å².